The molecule has 0 radical (unpaired) electrons. The molecule has 5 heteroatoms. The van der Waals surface area contributed by atoms with Gasteiger partial charge in [-0.15, -0.1) is 0 Å². The van der Waals surface area contributed by atoms with Crippen LogP contribution in [0, 0.1) is 0 Å². The van der Waals surface area contributed by atoms with Crippen LogP contribution in [-0.2, 0) is 4.79 Å². The van der Waals surface area contributed by atoms with Crippen molar-refractivity contribution in [2.45, 2.75) is 18.8 Å². The molecule has 0 bridgehead atoms. The predicted octanol–water partition coefficient (Wildman–Crippen LogP) is 4.31. The van der Waals surface area contributed by atoms with E-state index in [1.807, 2.05) is 37.2 Å². The Bertz CT molecular complexity index is 822. The van der Waals surface area contributed by atoms with Crippen LogP contribution in [0.15, 0.2) is 57.4 Å². The molecule has 0 spiro atoms. The van der Waals surface area contributed by atoms with Gasteiger partial charge in [0.2, 0.25) is 0 Å². The van der Waals surface area contributed by atoms with Crippen molar-refractivity contribution in [1.29, 1.82) is 0 Å². The first-order chi connectivity index (χ1) is 12.6. The number of benzene rings is 1. The van der Waals surface area contributed by atoms with E-state index >= 15 is 0 Å². The SMILES string of the molecule is CN(C)CCN=CC1=C(O)CC(c2cscc2-c2ccccc2)CC1=O. The zero-order valence-electron chi connectivity index (χ0n) is 15.2. The molecule has 2 aromatic rings. The smallest absolute Gasteiger partial charge is 0.168 e. The maximum Gasteiger partial charge on any atom is 0.168 e. The first kappa shape index (κ1) is 18.5. The summed E-state index contributed by atoms with van der Waals surface area (Å²) < 4.78 is 0. The molecular formula is C21H24N2O2S. The molecule has 3 rings (SSSR count). The number of allylic oxidation sites excluding steroid dienone is 2. The van der Waals surface area contributed by atoms with E-state index in [1.54, 1.807) is 17.6 Å². The molecule has 136 valence electrons. The van der Waals surface area contributed by atoms with Crippen LogP contribution in [0.25, 0.3) is 11.1 Å². The summed E-state index contributed by atoms with van der Waals surface area (Å²) in [5, 5.41) is 14.7. The Morgan fingerprint density at radius 3 is 2.69 bits per heavy atom. The zero-order valence-corrected chi connectivity index (χ0v) is 16.0. The van der Waals surface area contributed by atoms with Gasteiger partial charge in [-0.2, -0.15) is 11.3 Å². The van der Waals surface area contributed by atoms with Crippen molar-refractivity contribution < 1.29 is 9.90 Å². The Kier molecular flexibility index (Phi) is 6.01. The molecule has 0 saturated carbocycles. The highest BCUT2D eigenvalue weighted by atomic mass is 32.1. The molecule has 0 fully saturated rings. The summed E-state index contributed by atoms with van der Waals surface area (Å²) in [6, 6.07) is 10.2. The molecule has 1 heterocycles. The van der Waals surface area contributed by atoms with Crippen LogP contribution in [0.5, 0.6) is 0 Å². The molecular weight excluding hydrogens is 344 g/mol. The maximum atomic E-state index is 12.6. The molecule has 1 aliphatic carbocycles. The molecule has 4 nitrogen and oxygen atoms in total. The highest BCUT2D eigenvalue weighted by Gasteiger charge is 2.29. The van der Waals surface area contributed by atoms with E-state index in [9.17, 15) is 9.90 Å². The van der Waals surface area contributed by atoms with E-state index < -0.39 is 0 Å². The van der Waals surface area contributed by atoms with Gasteiger partial charge in [-0.05, 0) is 47.5 Å². The molecule has 0 saturated heterocycles. The summed E-state index contributed by atoms with van der Waals surface area (Å²) >= 11 is 1.64. The lowest BCUT2D eigenvalue weighted by Crippen LogP contribution is -2.20. The van der Waals surface area contributed by atoms with E-state index in [2.05, 4.69) is 27.9 Å². The molecule has 1 unspecified atom stereocenters. The number of thiophene rings is 1. The normalized spacial score (nSPS) is 18.3. The van der Waals surface area contributed by atoms with E-state index in [4.69, 9.17) is 0 Å². The summed E-state index contributed by atoms with van der Waals surface area (Å²) in [5.41, 5.74) is 3.82. The third kappa shape index (κ3) is 4.29. The fourth-order valence-electron chi connectivity index (χ4n) is 3.17. The van der Waals surface area contributed by atoms with Gasteiger partial charge in [0.25, 0.3) is 0 Å². The summed E-state index contributed by atoms with van der Waals surface area (Å²) in [4.78, 5) is 18.9. The van der Waals surface area contributed by atoms with Gasteiger partial charge < -0.3 is 10.0 Å². The molecule has 1 N–H and O–H groups in total. The number of Topliss-reactive ketones (excluding diaryl/α,β-unsaturated/α-hetero) is 1. The molecule has 1 aliphatic rings. The second-order valence-corrected chi connectivity index (χ2v) is 7.58. The quantitative estimate of drug-likeness (QED) is 0.773. The molecule has 26 heavy (non-hydrogen) atoms. The number of hydrogen-bond acceptors (Lipinski definition) is 5. The Hall–Kier alpha value is -2.24. The number of aliphatic hydroxyl groups excluding tert-OH is 1. The van der Waals surface area contributed by atoms with Crippen molar-refractivity contribution in [3.63, 3.8) is 0 Å². The monoisotopic (exact) mass is 368 g/mol. The van der Waals surface area contributed by atoms with Crippen LogP contribution in [0.2, 0.25) is 0 Å². The average Bonchev–Trinajstić information content (AvgIpc) is 3.10. The van der Waals surface area contributed by atoms with Crippen LogP contribution >= 0.6 is 11.3 Å². The number of likely N-dealkylation sites (N-methyl/N-ethyl adjacent to an activating group) is 1. The van der Waals surface area contributed by atoms with Crippen LogP contribution in [0.4, 0.5) is 0 Å². The summed E-state index contributed by atoms with van der Waals surface area (Å²) in [5.74, 6) is 0.144. The average molecular weight is 369 g/mol. The highest BCUT2D eigenvalue weighted by Crippen LogP contribution is 2.40. The number of nitrogens with zero attached hydrogens (tertiary/aromatic N) is 2. The number of carbonyl (C=O) groups is 1. The summed E-state index contributed by atoms with van der Waals surface area (Å²) in [7, 11) is 3.96. The first-order valence-electron chi connectivity index (χ1n) is 8.77. The largest absolute Gasteiger partial charge is 0.511 e. The lowest BCUT2D eigenvalue weighted by Gasteiger charge is -2.23. The van der Waals surface area contributed by atoms with Crippen molar-refractivity contribution in [2.75, 3.05) is 27.2 Å². The number of carbonyl (C=O) groups excluding carboxylic acids is 1. The topological polar surface area (TPSA) is 52.9 Å². The van der Waals surface area contributed by atoms with Crippen molar-refractivity contribution in [1.82, 2.24) is 4.90 Å². The second kappa shape index (κ2) is 8.43. The molecule has 1 aromatic carbocycles. The fraction of sp³-hybridized carbons (Fsp3) is 0.333. The zero-order chi connectivity index (χ0) is 18.5. The fourth-order valence-corrected chi connectivity index (χ4v) is 4.11. The third-order valence-electron chi connectivity index (χ3n) is 4.60. The van der Waals surface area contributed by atoms with Crippen molar-refractivity contribution in [2.24, 2.45) is 4.99 Å². The number of aliphatic hydroxyl groups is 1. The van der Waals surface area contributed by atoms with Gasteiger partial charge >= 0.3 is 0 Å². The predicted molar refractivity (Wildman–Crippen MR) is 108 cm³/mol. The van der Waals surface area contributed by atoms with Crippen molar-refractivity contribution >= 4 is 23.3 Å². The number of ketones is 1. The number of hydrogen-bond donors (Lipinski definition) is 1. The van der Waals surface area contributed by atoms with Gasteiger partial charge in [0.05, 0.1) is 12.1 Å². The van der Waals surface area contributed by atoms with Gasteiger partial charge in [-0.25, -0.2) is 0 Å². The number of aliphatic imine (C=N–C) groups is 1. The van der Waals surface area contributed by atoms with Gasteiger partial charge in [0.1, 0.15) is 5.76 Å². The second-order valence-electron chi connectivity index (χ2n) is 6.83. The minimum atomic E-state index is -0.0300. The summed E-state index contributed by atoms with van der Waals surface area (Å²) in [6.07, 6.45) is 2.44. The molecule has 0 aliphatic heterocycles. The van der Waals surface area contributed by atoms with Crippen LogP contribution in [-0.4, -0.2) is 49.2 Å². The van der Waals surface area contributed by atoms with E-state index in [0.717, 1.165) is 23.2 Å². The lowest BCUT2D eigenvalue weighted by molar-refractivity contribution is -0.116. The van der Waals surface area contributed by atoms with Gasteiger partial charge in [0, 0.05) is 25.6 Å². The highest BCUT2D eigenvalue weighted by molar-refractivity contribution is 7.08. The maximum absolute atomic E-state index is 12.6. The van der Waals surface area contributed by atoms with E-state index in [-0.39, 0.29) is 17.5 Å². The Morgan fingerprint density at radius 2 is 2.00 bits per heavy atom. The lowest BCUT2D eigenvalue weighted by atomic mass is 9.81. The van der Waals surface area contributed by atoms with Crippen molar-refractivity contribution in [3.8, 4) is 11.1 Å². The molecule has 1 aromatic heterocycles. The van der Waals surface area contributed by atoms with Gasteiger partial charge in [0.15, 0.2) is 5.78 Å². The summed E-state index contributed by atoms with van der Waals surface area (Å²) in [6.45, 7) is 1.43. The van der Waals surface area contributed by atoms with E-state index in [1.165, 1.54) is 0 Å². The van der Waals surface area contributed by atoms with Crippen LogP contribution in [0.1, 0.15) is 24.3 Å². The van der Waals surface area contributed by atoms with E-state index in [0.29, 0.717) is 25.0 Å². The molecule has 1 atom stereocenters. The Labute approximate surface area is 158 Å². The first-order valence-corrected chi connectivity index (χ1v) is 9.72. The Balaban J connectivity index is 1.78. The third-order valence-corrected chi connectivity index (χ3v) is 5.36. The minimum Gasteiger partial charge on any atom is -0.511 e. The van der Waals surface area contributed by atoms with Gasteiger partial charge in [-0.3, -0.25) is 9.79 Å². The Morgan fingerprint density at radius 1 is 1.23 bits per heavy atom. The van der Waals surface area contributed by atoms with Crippen molar-refractivity contribution in [3.05, 3.63) is 58.0 Å². The van der Waals surface area contributed by atoms with Gasteiger partial charge in [-0.1, -0.05) is 30.3 Å². The minimum absolute atomic E-state index is 0.0166. The van der Waals surface area contributed by atoms with Crippen LogP contribution in [0.3, 0.4) is 0 Å². The van der Waals surface area contributed by atoms with Crippen LogP contribution < -0.4 is 0 Å². The molecule has 0 amide bonds. The standard InChI is InChI=1S/C21H24N2O2S/c1-23(2)9-8-22-12-17-20(24)10-16(11-21(17)25)19-14-26-13-18(19)15-6-4-3-5-7-15/h3-7,12-14,16,24H,8-11H2,1-2H3. The number of rotatable bonds is 6.